The molecule has 112 valence electrons. The maximum absolute atomic E-state index is 10.6. The first-order valence-electron chi connectivity index (χ1n) is 5.97. The zero-order chi connectivity index (χ0) is 15.3. The standard InChI is InChI=1S/C8H16N2O3.C3H7NO2/c1-6(11)10-7(8(12)13)4-2-3-5-9;4-2-1-3(5)6/h7H,2-5,9H2,1H3,(H,10,11)(H,12,13);1-2,4H2,(H,5,6)/t7-;/m0./s1. The van der Waals surface area contributed by atoms with Gasteiger partial charge in [0.05, 0.1) is 6.42 Å². The van der Waals surface area contributed by atoms with Crippen molar-refractivity contribution in [1.82, 2.24) is 5.32 Å². The molecule has 0 rings (SSSR count). The minimum absolute atomic E-state index is 0.0694. The normalized spacial score (nSPS) is 10.9. The molecule has 8 nitrogen and oxygen atoms in total. The van der Waals surface area contributed by atoms with E-state index >= 15 is 0 Å². The fourth-order valence-corrected chi connectivity index (χ4v) is 1.12. The molecular weight excluding hydrogens is 254 g/mol. The molecule has 0 aromatic heterocycles. The second kappa shape index (κ2) is 12.8. The van der Waals surface area contributed by atoms with Crippen molar-refractivity contribution in [3.8, 4) is 0 Å². The summed E-state index contributed by atoms with van der Waals surface area (Å²) in [4.78, 5) is 30.7. The first-order valence-corrected chi connectivity index (χ1v) is 5.97. The van der Waals surface area contributed by atoms with E-state index in [2.05, 4.69) is 5.32 Å². The summed E-state index contributed by atoms with van der Waals surface area (Å²) >= 11 is 0. The second-order valence-electron chi connectivity index (χ2n) is 3.81. The van der Waals surface area contributed by atoms with E-state index in [0.717, 1.165) is 6.42 Å². The van der Waals surface area contributed by atoms with E-state index in [0.29, 0.717) is 19.4 Å². The number of carboxylic acids is 2. The number of carbonyl (C=O) groups excluding carboxylic acids is 1. The highest BCUT2D eigenvalue weighted by Gasteiger charge is 2.16. The second-order valence-corrected chi connectivity index (χ2v) is 3.81. The molecule has 0 spiro atoms. The number of rotatable bonds is 8. The summed E-state index contributed by atoms with van der Waals surface area (Å²) in [6.45, 7) is 2.08. The number of nitrogens with two attached hydrogens (primary N) is 2. The van der Waals surface area contributed by atoms with Crippen molar-refractivity contribution in [2.45, 2.75) is 38.6 Å². The van der Waals surface area contributed by atoms with Gasteiger partial charge >= 0.3 is 11.9 Å². The third-order valence-corrected chi connectivity index (χ3v) is 1.98. The van der Waals surface area contributed by atoms with Crippen LogP contribution in [0.3, 0.4) is 0 Å². The van der Waals surface area contributed by atoms with Crippen LogP contribution in [0.15, 0.2) is 0 Å². The molecule has 0 aliphatic carbocycles. The van der Waals surface area contributed by atoms with Crippen molar-refractivity contribution in [1.29, 1.82) is 0 Å². The highest BCUT2D eigenvalue weighted by Crippen LogP contribution is 2.00. The molecule has 0 radical (unpaired) electrons. The van der Waals surface area contributed by atoms with Crippen LogP contribution in [0.4, 0.5) is 0 Å². The SMILES string of the molecule is CC(=O)N[C@@H](CCCCN)C(=O)O.NCCC(=O)O. The van der Waals surface area contributed by atoms with Crippen molar-refractivity contribution in [3.63, 3.8) is 0 Å². The van der Waals surface area contributed by atoms with Crippen molar-refractivity contribution >= 4 is 17.8 Å². The molecular formula is C11H23N3O5. The van der Waals surface area contributed by atoms with Gasteiger partial charge in [0.1, 0.15) is 6.04 Å². The zero-order valence-corrected chi connectivity index (χ0v) is 11.1. The van der Waals surface area contributed by atoms with Crippen molar-refractivity contribution in [3.05, 3.63) is 0 Å². The predicted octanol–water partition coefficient (Wildman–Crippen LogP) is -0.875. The molecule has 0 aliphatic heterocycles. The van der Waals surface area contributed by atoms with Crippen LogP contribution in [0.25, 0.3) is 0 Å². The molecule has 1 amide bonds. The monoisotopic (exact) mass is 277 g/mol. The van der Waals surface area contributed by atoms with E-state index in [4.69, 9.17) is 21.7 Å². The number of hydrogen-bond donors (Lipinski definition) is 5. The minimum atomic E-state index is -0.993. The van der Waals surface area contributed by atoms with Gasteiger partial charge in [0.25, 0.3) is 0 Å². The average Bonchev–Trinajstić information content (AvgIpc) is 2.28. The Bertz CT molecular complexity index is 284. The summed E-state index contributed by atoms with van der Waals surface area (Å²) in [6.07, 6.45) is 2.00. The molecule has 0 unspecified atom stereocenters. The van der Waals surface area contributed by atoms with Crippen LogP contribution in [0.5, 0.6) is 0 Å². The average molecular weight is 277 g/mol. The van der Waals surface area contributed by atoms with Crippen LogP contribution < -0.4 is 16.8 Å². The zero-order valence-electron chi connectivity index (χ0n) is 11.1. The molecule has 0 saturated carbocycles. The maximum atomic E-state index is 10.6. The molecule has 0 aromatic rings. The Balaban J connectivity index is 0. The highest BCUT2D eigenvalue weighted by molar-refractivity contribution is 5.81. The molecule has 0 fully saturated rings. The lowest BCUT2D eigenvalue weighted by molar-refractivity contribution is -0.141. The lowest BCUT2D eigenvalue weighted by Gasteiger charge is -2.12. The highest BCUT2D eigenvalue weighted by atomic mass is 16.4. The van der Waals surface area contributed by atoms with Gasteiger partial charge < -0.3 is 27.0 Å². The molecule has 0 bridgehead atoms. The van der Waals surface area contributed by atoms with Gasteiger partial charge in [-0.15, -0.1) is 0 Å². The summed E-state index contributed by atoms with van der Waals surface area (Å²) in [5, 5.41) is 18.9. The summed E-state index contributed by atoms with van der Waals surface area (Å²) < 4.78 is 0. The molecule has 0 heterocycles. The third-order valence-electron chi connectivity index (χ3n) is 1.98. The molecule has 0 aliphatic rings. The Hall–Kier alpha value is -1.67. The summed E-state index contributed by atoms with van der Waals surface area (Å²) in [5.41, 5.74) is 10.1. The topological polar surface area (TPSA) is 156 Å². The Morgan fingerprint density at radius 2 is 1.68 bits per heavy atom. The Kier molecular flexibility index (Phi) is 13.2. The number of hydrogen-bond acceptors (Lipinski definition) is 5. The lowest BCUT2D eigenvalue weighted by Crippen LogP contribution is -2.39. The summed E-state index contributed by atoms with van der Waals surface area (Å²) in [6, 6.07) is -0.774. The number of unbranched alkanes of at least 4 members (excludes halogenated alkanes) is 1. The number of amides is 1. The van der Waals surface area contributed by atoms with Crippen LogP contribution in [0, 0.1) is 0 Å². The van der Waals surface area contributed by atoms with Crippen LogP contribution in [0.2, 0.25) is 0 Å². The first kappa shape index (κ1) is 19.7. The van der Waals surface area contributed by atoms with Crippen molar-refractivity contribution in [2.24, 2.45) is 11.5 Å². The van der Waals surface area contributed by atoms with Gasteiger partial charge in [0, 0.05) is 13.5 Å². The number of aliphatic carboxylic acids is 2. The van der Waals surface area contributed by atoms with Gasteiger partial charge in [0.2, 0.25) is 5.91 Å². The quantitative estimate of drug-likeness (QED) is 0.361. The molecule has 0 saturated heterocycles. The van der Waals surface area contributed by atoms with E-state index in [1.54, 1.807) is 0 Å². The smallest absolute Gasteiger partial charge is 0.326 e. The molecule has 19 heavy (non-hydrogen) atoms. The van der Waals surface area contributed by atoms with Gasteiger partial charge in [-0.1, -0.05) is 0 Å². The van der Waals surface area contributed by atoms with E-state index in [-0.39, 0.29) is 18.9 Å². The van der Waals surface area contributed by atoms with E-state index in [9.17, 15) is 14.4 Å². The van der Waals surface area contributed by atoms with E-state index in [1.165, 1.54) is 6.92 Å². The van der Waals surface area contributed by atoms with Gasteiger partial charge in [-0.05, 0) is 25.8 Å². The lowest BCUT2D eigenvalue weighted by atomic mass is 10.1. The maximum Gasteiger partial charge on any atom is 0.326 e. The van der Waals surface area contributed by atoms with Gasteiger partial charge in [-0.3, -0.25) is 9.59 Å². The van der Waals surface area contributed by atoms with Gasteiger partial charge in [-0.25, -0.2) is 4.79 Å². The third kappa shape index (κ3) is 16.3. The fraction of sp³-hybridized carbons (Fsp3) is 0.727. The summed E-state index contributed by atoms with van der Waals surface area (Å²) in [5.74, 6) is -2.15. The van der Waals surface area contributed by atoms with Crippen LogP contribution in [-0.2, 0) is 14.4 Å². The minimum Gasteiger partial charge on any atom is -0.481 e. The predicted molar refractivity (Wildman–Crippen MR) is 69.5 cm³/mol. The number of nitrogens with one attached hydrogen (secondary N) is 1. The Morgan fingerprint density at radius 3 is 1.95 bits per heavy atom. The van der Waals surface area contributed by atoms with E-state index in [1.807, 2.05) is 0 Å². The Morgan fingerprint density at radius 1 is 1.11 bits per heavy atom. The first-order chi connectivity index (χ1) is 8.84. The van der Waals surface area contributed by atoms with Crippen LogP contribution >= 0.6 is 0 Å². The van der Waals surface area contributed by atoms with Crippen molar-refractivity contribution < 1.29 is 24.6 Å². The number of carboxylic acid groups (broad SMARTS) is 2. The Labute approximate surface area is 112 Å². The summed E-state index contributed by atoms with van der Waals surface area (Å²) in [7, 11) is 0. The molecule has 0 aromatic carbocycles. The van der Waals surface area contributed by atoms with E-state index < -0.39 is 18.0 Å². The number of carbonyl (C=O) groups is 3. The van der Waals surface area contributed by atoms with Gasteiger partial charge in [0.15, 0.2) is 0 Å². The van der Waals surface area contributed by atoms with Crippen LogP contribution in [-0.4, -0.2) is 47.2 Å². The van der Waals surface area contributed by atoms with Crippen LogP contribution in [0.1, 0.15) is 32.6 Å². The molecule has 8 heteroatoms. The molecule has 7 N–H and O–H groups in total. The molecule has 1 atom stereocenters. The largest absolute Gasteiger partial charge is 0.481 e. The van der Waals surface area contributed by atoms with Crippen molar-refractivity contribution in [2.75, 3.05) is 13.1 Å². The van der Waals surface area contributed by atoms with Gasteiger partial charge in [-0.2, -0.15) is 0 Å². The fourth-order valence-electron chi connectivity index (χ4n) is 1.12.